The summed E-state index contributed by atoms with van der Waals surface area (Å²) in [6.45, 7) is -0.465. The third-order valence-electron chi connectivity index (χ3n) is 4.94. The van der Waals surface area contributed by atoms with Gasteiger partial charge in [0.15, 0.2) is 6.61 Å². The molecule has 0 bridgehead atoms. The van der Waals surface area contributed by atoms with E-state index < -0.39 is 36.2 Å². The fourth-order valence-corrected chi connectivity index (χ4v) is 3.27. The number of urea groups is 1. The van der Waals surface area contributed by atoms with Gasteiger partial charge in [0.05, 0.1) is 11.4 Å². The zero-order valence-electron chi connectivity index (χ0n) is 18.0. The van der Waals surface area contributed by atoms with E-state index in [0.717, 1.165) is 4.90 Å². The number of carbonyl (C=O) groups is 4. The molecule has 0 atom stereocenters. The van der Waals surface area contributed by atoms with Crippen molar-refractivity contribution in [3.63, 3.8) is 0 Å². The Morgan fingerprint density at radius 2 is 1.69 bits per heavy atom. The zero-order chi connectivity index (χ0) is 24.9. The molecule has 0 aromatic heterocycles. The second kappa shape index (κ2) is 9.87. The minimum absolute atomic E-state index is 0.0000316. The molecule has 3 aromatic rings. The number of anilines is 2. The van der Waals surface area contributed by atoms with Crippen LogP contribution in [0.4, 0.5) is 20.6 Å². The maximum Gasteiger partial charge on any atom is 0.335 e. The molecule has 176 valence electrons. The number of barbiturate groups is 1. The summed E-state index contributed by atoms with van der Waals surface area (Å²) in [5, 5.41) is 14.0. The van der Waals surface area contributed by atoms with E-state index in [4.69, 9.17) is 4.74 Å². The molecule has 1 aliphatic rings. The van der Waals surface area contributed by atoms with Crippen LogP contribution in [-0.2, 0) is 14.4 Å². The highest BCUT2D eigenvalue weighted by atomic mass is 19.1. The molecule has 1 fully saturated rings. The molecule has 3 aromatic carbocycles. The molecular weight excluding hydrogens is 457 g/mol. The average Bonchev–Trinajstić information content (AvgIpc) is 2.83. The summed E-state index contributed by atoms with van der Waals surface area (Å²) in [7, 11) is 0. The number of hydrogen-bond donors (Lipinski definition) is 3. The van der Waals surface area contributed by atoms with Gasteiger partial charge in [-0.15, -0.1) is 0 Å². The van der Waals surface area contributed by atoms with Crippen LogP contribution in [0.2, 0.25) is 0 Å². The highest BCUT2D eigenvalue weighted by Gasteiger charge is 2.37. The highest BCUT2D eigenvalue weighted by molar-refractivity contribution is 6.39. The largest absolute Gasteiger partial charge is 0.508 e. The second-order valence-electron chi connectivity index (χ2n) is 7.33. The number of benzene rings is 3. The third-order valence-corrected chi connectivity index (χ3v) is 4.94. The highest BCUT2D eigenvalue weighted by Crippen LogP contribution is 2.26. The van der Waals surface area contributed by atoms with Gasteiger partial charge in [0.25, 0.3) is 17.7 Å². The lowest BCUT2D eigenvalue weighted by Gasteiger charge is -2.26. The van der Waals surface area contributed by atoms with Crippen LogP contribution < -0.4 is 20.3 Å². The van der Waals surface area contributed by atoms with E-state index in [0.29, 0.717) is 5.56 Å². The van der Waals surface area contributed by atoms with Crippen LogP contribution in [0, 0.1) is 5.82 Å². The van der Waals surface area contributed by atoms with Crippen LogP contribution in [0.1, 0.15) is 5.56 Å². The number of imide groups is 2. The number of phenolic OH excluding ortho intramolecular Hbond substituents is 1. The molecule has 0 saturated carbocycles. The van der Waals surface area contributed by atoms with Gasteiger partial charge in [-0.25, -0.2) is 14.1 Å². The van der Waals surface area contributed by atoms with E-state index in [-0.39, 0.29) is 28.4 Å². The number of phenols is 1. The van der Waals surface area contributed by atoms with E-state index in [1.807, 2.05) is 0 Å². The fourth-order valence-electron chi connectivity index (χ4n) is 3.27. The molecule has 4 rings (SSSR count). The summed E-state index contributed by atoms with van der Waals surface area (Å²) >= 11 is 0. The summed E-state index contributed by atoms with van der Waals surface area (Å²) in [6, 6.07) is 16.4. The smallest absolute Gasteiger partial charge is 0.335 e. The molecule has 35 heavy (non-hydrogen) atoms. The molecule has 0 radical (unpaired) electrons. The van der Waals surface area contributed by atoms with Crippen molar-refractivity contribution in [3.8, 4) is 11.5 Å². The Kier molecular flexibility index (Phi) is 6.54. The number of ether oxygens (including phenoxy) is 1. The van der Waals surface area contributed by atoms with Gasteiger partial charge in [0, 0.05) is 5.56 Å². The maximum atomic E-state index is 13.7. The van der Waals surface area contributed by atoms with Gasteiger partial charge in [-0.1, -0.05) is 30.3 Å². The standard InChI is InChI=1S/C25H18FN3O6/c26-19-6-2-3-7-20(19)27-22(31)14-35-21-8-4-1-5-15(21)13-18-23(32)28-25(34)29(24(18)33)16-9-11-17(30)12-10-16/h1-13,30H,14H2,(H,27,31)(H,28,32,34)/b18-13-. The Bertz CT molecular complexity index is 1350. The lowest BCUT2D eigenvalue weighted by atomic mass is 10.1. The van der Waals surface area contributed by atoms with Crippen molar-refractivity contribution in [1.29, 1.82) is 0 Å². The van der Waals surface area contributed by atoms with Crippen LogP contribution in [0.3, 0.4) is 0 Å². The Labute approximate surface area is 198 Å². The second-order valence-corrected chi connectivity index (χ2v) is 7.33. The van der Waals surface area contributed by atoms with Crippen molar-refractivity contribution < 1.29 is 33.4 Å². The molecule has 3 N–H and O–H groups in total. The van der Waals surface area contributed by atoms with Crippen molar-refractivity contribution in [2.45, 2.75) is 0 Å². The number of aromatic hydroxyl groups is 1. The fraction of sp³-hybridized carbons (Fsp3) is 0.0400. The number of para-hydroxylation sites is 2. The van der Waals surface area contributed by atoms with E-state index in [9.17, 15) is 28.7 Å². The Morgan fingerprint density at radius 1 is 1.00 bits per heavy atom. The normalized spacial score (nSPS) is 14.6. The lowest BCUT2D eigenvalue weighted by Crippen LogP contribution is -2.54. The van der Waals surface area contributed by atoms with Gasteiger partial charge < -0.3 is 15.2 Å². The summed E-state index contributed by atoms with van der Waals surface area (Å²) in [6.07, 6.45) is 1.24. The number of carbonyl (C=O) groups excluding carboxylic acids is 4. The number of amides is 5. The molecule has 0 aliphatic carbocycles. The topological polar surface area (TPSA) is 125 Å². The number of halogens is 1. The summed E-state index contributed by atoms with van der Waals surface area (Å²) < 4.78 is 19.3. The van der Waals surface area contributed by atoms with Gasteiger partial charge in [0.1, 0.15) is 22.9 Å². The van der Waals surface area contributed by atoms with Crippen LogP contribution in [-0.4, -0.2) is 35.5 Å². The molecular formula is C25H18FN3O6. The van der Waals surface area contributed by atoms with Crippen molar-refractivity contribution in [3.05, 3.63) is 89.8 Å². The number of nitrogens with one attached hydrogen (secondary N) is 2. The van der Waals surface area contributed by atoms with Crippen molar-refractivity contribution >= 4 is 41.2 Å². The molecule has 1 heterocycles. The minimum Gasteiger partial charge on any atom is -0.508 e. The zero-order valence-corrected chi connectivity index (χ0v) is 18.0. The lowest BCUT2D eigenvalue weighted by molar-refractivity contribution is -0.122. The van der Waals surface area contributed by atoms with Crippen molar-refractivity contribution in [2.24, 2.45) is 0 Å². The van der Waals surface area contributed by atoms with Gasteiger partial charge >= 0.3 is 6.03 Å². The summed E-state index contributed by atoms with van der Waals surface area (Å²) in [4.78, 5) is 50.7. The molecule has 1 saturated heterocycles. The van der Waals surface area contributed by atoms with E-state index >= 15 is 0 Å². The first kappa shape index (κ1) is 23.2. The molecule has 10 heteroatoms. The SMILES string of the molecule is O=C(COc1ccccc1/C=C1/C(=O)NC(=O)N(c2ccc(O)cc2)C1=O)Nc1ccccc1F. The first-order chi connectivity index (χ1) is 16.8. The molecule has 0 unspecified atom stereocenters. The van der Waals surface area contributed by atoms with Crippen LogP contribution in [0.15, 0.2) is 78.4 Å². The third kappa shape index (κ3) is 5.17. The van der Waals surface area contributed by atoms with Crippen molar-refractivity contribution in [2.75, 3.05) is 16.8 Å². The van der Waals surface area contributed by atoms with E-state index in [2.05, 4.69) is 10.6 Å². The van der Waals surface area contributed by atoms with Crippen LogP contribution in [0.25, 0.3) is 6.08 Å². The predicted molar refractivity (Wildman–Crippen MR) is 124 cm³/mol. The average molecular weight is 475 g/mol. The monoisotopic (exact) mass is 475 g/mol. The van der Waals surface area contributed by atoms with E-state index in [1.54, 1.807) is 24.3 Å². The van der Waals surface area contributed by atoms with Gasteiger partial charge in [0.2, 0.25) is 0 Å². The predicted octanol–water partition coefficient (Wildman–Crippen LogP) is 3.22. The van der Waals surface area contributed by atoms with Crippen molar-refractivity contribution in [1.82, 2.24) is 5.32 Å². The minimum atomic E-state index is -0.933. The van der Waals surface area contributed by atoms with Gasteiger partial charge in [-0.05, 0) is 48.5 Å². The first-order valence-electron chi connectivity index (χ1n) is 10.3. The summed E-state index contributed by atoms with van der Waals surface area (Å²) in [5.41, 5.74) is 0.104. The maximum absolute atomic E-state index is 13.7. The number of hydrogen-bond acceptors (Lipinski definition) is 6. The first-order valence-corrected chi connectivity index (χ1v) is 10.3. The molecule has 1 aliphatic heterocycles. The number of nitrogens with zero attached hydrogens (tertiary/aromatic N) is 1. The molecule has 9 nitrogen and oxygen atoms in total. The Hall–Kier alpha value is -4.99. The molecule has 5 amide bonds. The van der Waals surface area contributed by atoms with Gasteiger partial charge in [-0.2, -0.15) is 0 Å². The summed E-state index contributed by atoms with van der Waals surface area (Å²) in [5.74, 6) is -2.87. The van der Waals surface area contributed by atoms with Crippen LogP contribution >= 0.6 is 0 Å². The Balaban J connectivity index is 1.55. The Morgan fingerprint density at radius 3 is 2.43 bits per heavy atom. The molecule has 0 spiro atoms. The van der Waals surface area contributed by atoms with Crippen LogP contribution in [0.5, 0.6) is 11.5 Å². The number of rotatable bonds is 6. The quantitative estimate of drug-likeness (QED) is 0.371. The van der Waals surface area contributed by atoms with Gasteiger partial charge in [-0.3, -0.25) is 19.7 Å². The van der Waals surface area contributed by atoms with E-state index in [1.165, 1.54) is 54.6 Å².